The SMILES string of the molecule is Cn1nccc1C1=C[C@H]2CC[C@@H](C1)N2S(=O)(=O)c1cccc2c1OCC2. The molecule has 0 aliphatic carbocycles. The van der Waals surface area contributed by atoms with Gasteiger partial charge in [-0.25, -0.2) is 8.42 Å². The number of benzene rings is 1. The maximum atomic E-state index is 13.5. The fourth-order valence-corrected chi connectivity index (χ4v) is 6.54. The van der Waals surface area contributed by atoms with Gasteiger partial charge in [-0.2, -0.15) is 9.40 Å². The van der Waals surface area contributed by atoms with Crippen molar-refractivity contribution in [1.29, 1.82) is 0 Å². The first-order valence-corrected chi connectivity index (χ1v) is 10.5. The smallest absolute Gasteiger partial charge is 0.247 e. The monoisotopic (exact) mass is 371 g/mol. The highest BCUT2D eigenvalue weighted by Gasteiger charge is 2.45. The molecule has 26 heavy (non-hydrogen) atoms. The maximum Gasteiger partial charge on any atom is 0.247 e. The Balaban J connectivity index is 1.55. The first kappa shape index (κ1) is 16.1. The van der Waals surface area contributed by atoms with E-state index in [0.717, 1.165) is 36.9 Å². The minimum atomic E-state index is -3.58. The number of nitrogens with zero attached hydrogens (tertiary/aromatic N) is 3. The molecule has 3 aliphatic heterocycles. The third-order valence-electron chi connectivity index (χ3n) is 5.72. The van der Waals surface area contributed by atoms with E-state index < -0.39 is 10.0 Å². The Labute approximate surface area is 153 Å². The molecule has 0 unspecified atom stereocenters. The molecular weight excluding hydrogens is 350 g/mol. The van der Waals surface area contributed by atoms with E-state index in [1.54, 1.807) is 16.6 Å². The lowest BCUT2D eigenvalue weighted by molar-refractivity contribution is 0.332. The second-order valence-corrected chi connectivity index (χ2v) is 9.02. The molecule has 2 atom stereocenters. The van der Waals surface area contributed by atoms with Crippen LogP contribution in [0.3, 0.4) is 0 Å². The van der Waals surface area contributed by atoms with E-state index in [1.165, 1.54) is 5.57 Å². The predicted molar refractivity (Wildman–Crippen MR) is 97.3 cm³/mol. The van der Waals surface area contributed by atoms with Crippen molar-refractivity contribution in [3.8, 4) is 5.75 Å². The van der Waals surface area contributed by atoms with Crippen LogP contribution < -0.4 is 4.74 Å². The van der Waals surface area contributed by atoms with Crippen LogP contribution >= 0.6 is 0 Å². The van der Waals surface area contributed by atoms with Crippen molar-refractivity contribution in [2.75, 3.05) is 6.61 Å². The van der Waals surface area contributed by atoms with Crippen LogP contribution in [0.25, 0.3) is 5.57 Å². The summed E-state index contributed by atoms with van der Waals surface area (Å²) in [5, 5.41) is 4.24. The molecule has 1 saturated heterocycles. The van der Waals surface area contributed by atoms with Crippen LogP contribution in [0.4, 0.5) is 0 Å². The summed E-state index contributed by atoms with van der Waals surface area (Å²) in [6.07, 6.45) is 7.15. The molecule has 0 radical (unpaired) electrons. The zero-order valence-electron chi connectivity index (χ0n) is 14.6. The molecule has 1 fully saturated rings. The minimum Gasteiger partial charge on any atom is -0.492 e. The fraction of sp³-hybridized carbons (Fsp3) is 0.421. The molecule has 1 aromatic carbocycles. The lowest BCUT2D eigenvalue weighted by Crippen LogP contribution is -2.43. The summed E-state index contributed by atoms with van der Waals surface area (Å²) in [5.41, 5.74) is 3.25. The van der Waals surface area contributed by atoms with Crippen LogP contribution in [-0.4, -0.2) is 41.2 Å². The van der Waals surface area contributed by atoms with Gasteiger partial charge in [-0.3, -0.25) is 4.68 Å². The zero-order chi connectivity index (χ0) is 17.9. The molecule has 0 N–H and O–H groups in total. The van der Waals surface area contributed by atoms with E-state index in [0.29, 0.717) is 17.3 Å². The molecule has 2 aromatic rings. The van der Waals surface area contributed by atoms with E-state index in [2.05, 4.69) is 11.2 Å². The largest absolute Gasteiger partial charge is 0.492 e. The number of hydrogen-bond donors (Lipinski definition) is 0. The summed E-state index contributed by atoms with van der Waals surface area (Å²) in [5.74, 6) is 0.549. The highest BCUT2D eigenvalue weighted by atomic mass is 32.2. The van der Waals surface area contributed by atoms with Crippen molar-refractivity contribution in [3.63, 3.8) is 0 Å². The molecular formula is C19H21N3O3S. The fourth-order valence-electron chi connectivity index (χ4n) is 4.55. The summed E-state index contributed by atoms with van der Waals surface area (Å²) in [4.78, 5) is 0.321. The van der Waals surface area contributed by atoms with Gasteiger partial charge in [0.2, 0.25) is 10.0 Å². The first-order valence-electron chi connectivity index (χ1n) is 9.03. The van der Waals surface area contributed by atoms with Gasteiger partial charge in [0.05, 0.1) is 12.3 Å². The van der Waals surface area contributed by atoms with Crippen LogP contribution in [0.15, 0.2) is 41.4 Å². The molecule has 7 heteroatoms. The number of para-hydroxylation sites is 1. The summed E-state index contributed by atoms with van der Waals surface area (Å²) in [6, 6.07) is 7.35. The van der Waals surface area contributed by atoms with Crippen LogP contribution in [0.5, 0.6) is 5.75 Å². The van der Waals surface area contributed by atoms with Gasteiger partial charge in [-0.05, 0) is 42.5 Å². The summed E-state index contributed by atoms with van der Waals surface area (Å²) in [6.45, 7) is 0.555. The molecule has 3 aliphatic rings. The average Bonchev–Trinajstić information content (AvgIpc) is 3.32. The standard InChI is InChI=1S/C19H21N3O3S/c1-21-17(7-9-20-21)14-11-15-5-6-16(12-14)22(15)26(23,24)18-4-2-3-13-8-10-25-19(13)18/h2-4,7,9,11,15-16H,5-6,8,10,12H2,1H3/t15-,16+/m1/s1. The summed E-state index contributed by atoms with van der Waals surface area (Å²) >= 11 is 0. The van der Waals surface area contributed by atoms with Crippen LogP contribution in [0.2, 0.25) is 0 Å². The summed E-state index contributed by atoms with van der Waals surface area (Å²) < 4.78 is 36.2. The van der Waals surface area contributed by atoms with Crippen LogP contribution in [0, 0.1) is 0 Å². The number of sulfonamides is 1. The highest BCUT2D eigenvalue weighted by Crippen LogP contribution is 2.44. The molecule has 4 heterocycles. The van der Waals surface area contributed by atoms with Crippen molar-refractivity contribution in [1.82, 2.24) is 14.1 Å². The maximum absolute atomic E-state index is 13.5. The van der Waals surface area contributed by atoms with Gasteiger partial charge in [0.1, 0.15) is 10.6 Å². The van der Waals surface area contributed by atoms with Gasteiger partial charge in [0.15, 0.2) is 0 Å². The Kier molecular flexibility index (Phi) is 3.52. The van der Waals surface area contributed by atoms with Gasteiger partial charge >= 0.3 is 0 Å². The lowest BCUT2D eigenvalue weighted by atomic mass is 10.0. The number of fused-ring (bicyclic) bond motifs is 3. The molecule has 0 amide bonds. The van der Waals surface area contributed by atoms with E-state index in [1.807, 2.05) is 29.9 Å². The molecule has 2 bridgehead atoms. The number of hydrogen-bond acceptors (Lipinski definition) is 4. The normalized spacial score (nSPS) is 25.0. The second kappa shape index (κ2) is 5.69. The van der Waals surface area contributed by atoms with Gasteiger partial charge in [0, 0.05) is 31.7 Å². The predicted octanol–water partition coefficient (Wildman–Crippen LogP) is 2.36. The lowest BCUT2D eigenvalue weighted by Gasteiger charge is -2.33. The molecule has 6 nitrogen and oxygen atoms in total. The molecule has 5 rings (SSSR count). The number of ether oxygens (including phenoxy) is 1. The number of rotatable bonds is 3. The minimum absolute atomic E-state index is 0.00263. The third kappa shape index (κ3) is 2.27. The second-order valence-electron chi connectivity index (χ2n) is 7.21. The van der Waals surface area contributed by atoms with Gasteiger partial charge < -0.3 is 4.74 Å². The highest BCUT2D eigenvalue weighted by molar-refractivity contribution is 7.89. The van der Waals surface area contributed by atoms with E-state index in [9.17, 15) is 8.42 Å². The van der Waals surface area contributed by atoms with Gasteiger partial charge in [-0.15, -0.1) is 0 Å². The van der Waals surface area contributed by atoms with Gasteiger partial charge in [0.25, 0.3) is 0 Å². The van der Waals surface area contributed by atoms with Crippen molar-refractivity contribution < 1.29 is 13.2 Å². The van der Waals surface area contributed by atoms with E-state index in [4.69, 9.17) is 4.74 Å². The molecule has 0 spiro atoms. The van der Waals surface area contributed by atoms with Crippen LogP contribution in [0.1, 0.15) is 30.5 Å². The topological polar surface area (TPSA) is 64.4 Å². The Morgan fingerprint density at radius 2 is 2.12 bits per heavy atom. The van der Waals surface area contributed by atoms with Crippen LogP contribution in [-0.2, 0) is 23.5 Å². The van der Waals surface area contributed by atoms with E-state index in [-0.39, 0.29) is 12.1 Å². The Hall–Kier alpha value is -2.12. The van der Waals surface area contributed by atoms with Gasteiger partial charge in [-0.1, -0.05) is 18.2 Å². The number of aryl methyl sites for hydroxylation is 1. The van der Waals surface area contributed by atoms with Crippen molar-refractivity contribution >= 4 is 15.6 Å². The number of aromatic nitrogens is 2. The Morgan fingerprint density at radius 3 is 2.88 bits per heavy atom. The third-order valence-corrected chi connectivity index (χ3v) is 7.72. The van der Waals surface area contributed by atoms with Crippen molar-refractivity contribution in [2.45, 2.75) is 42.7 Å². The van der Waals surface area contributed by atoms with Crippen molar-refractivity contribution in [3.05, 3.63) is 47.8 Å². The molecule has 1 aromatic heterocycles. The Morgan fingerprint density at radius 1 is 1.23 bits per heavy atom. The average molecular weight is 371 g/mol. The molecule has 136 valence electrons. The van der Waals surface area contributed by atoms with Crippen molar-refractivity contribution in [2.24, 2.45) is 7.05 Å². The Bertz CT molecular complexity index is 1010. The summed E-state index contributed by atoms with van der Waals surface area (Å²) in [7, 11) is -1.66. The van der Waals surface area contributed by atoms with E-state index >= 15 is 0 Å². The zero-order valence-corrected chi connectivity index (χ0v) is 15.4. The quantitative estimate of drug-likeness (QED) is 0.831. The first-order chi connectivity index (χ1) is 12.6. The molecule has 0 saturated carbocycles.